The molecule has 5 aliphatic rings. The number of allylic oxidation sites excluding steroid dienone is 1. The fourth-order valence-corrected chi connectivity index (χ4v) is 7.83. The Kier molecular flexibility index (Phi) is 5.45. The minimum atomic E-state index is -1.21. The van der Waals surface area contributed by atoms with Crippen LogP contribution in [-0.2, 0) is 19.1 Å². The van der Waals surface area contributed by atoms with Crippen molar-refractivity contribution in [2.24, 2.45) is 28.6 Å². The summed E-state index contributed by atoms with van der Waals surface area (Å²) in [6.07, 6.45) is 3.72. The molecule has 0 aromatic heterocycles. The topological polar surface area (TPSA) is 113 Å². The summed E-state index contributed by atoms with van der Waals surface area (Å²) in [5.41, 5.74) is -1.60. The van der Waals surface area contributed by atoms with Gasteiger partial charge in [-0.3, -0.25) is 9.59 Å². The Labute approximate surface area is 189 Å². The first kappa shape index (κ1) is 22.7. The van der Waals surface area contributed by atoms with Crippen molar-refractivity contribution in [3.63, 3.8) is 0 Å². The number of rotatable bonds is 4. The van der Waals surface area contributed by atoms with Crippen LogP contribution in [-0.4, -0.2) is 70.6 Å². The van der Waals surface area contributed by atoms with Crippen LogP contribution in [0, 0.1) is 28.6 Å². The Morgan fingerprint density at radius 1 is 1.16 bits per heavy atom. The lowest BCUT2D eigenvalue weighted by atomic mass is 9.46. The van der Waals surface area contributed by atoms with E-state index in [0.717, 1.165) is 18.4 Å². The minimum absolute atomic E-state index is 0.0248. The number of Topliss-reactive ketones (excluding diaryl/α,β-unsaturated/α-hetero) is 1. The molecule has 3 saturated carbocycles. The second-order valence-corrected chi connectivity index (χ2v) is 11.4. The maximum Gasteiger partial charge on any atom is 0.162 e. The van der Waals surface area contributed by atoms with Crippen LogP contribution < -0.4 is 0 Å². The number of hydrogen-bond donors (Lipinski definition) is 3. The molecule has 2 unspecified atom stereocenters. The highest BCUT2D eigenvalue weighted by atomic mass is 16.5. The van der Waals surface area contributed by atoms with Crippen LogP contribution in [0.4, 0.5) is 0 Å². The summed E-state index contributed by atoms with van der Waals surface area (Å²) in [7, 11) is 0. The number of ether oxygens (including phenoxy) is 2. The maximum absolute atomic E-state index is 13.2. The SMILES string of the molecule is C[C@]12C[C@H](O)[C@H](O)C[C@H]1C(=O)C=C1C2CC[C@]2(C)[C@@H](C(=O)COC3CCOC3)CC[C@@]12O. The third kappa shape index (κ3) is 3.12. The second kappa shape index (κ2) is 7.70. The van der Waals surface area contributed by atoms with Gasteiger partial charge < -0.3 is 24.8 Å². The fraction of sp³-hybridized carbons (Fsp3) is 0.840. The van der Waals surface area contributed by atoms with Gasteiger partial charge in [-0.15, -0.1) is 0 Å². The van der Waals surface area contributed by atoms with Gasteiger partial charge in [-0.2, -0.15) is 0 Å². The standard InChI is InChI=1S/C25H36O7/c1-23-11-21(28)20(27)10-18(23)19(26)9-17-15(23)3-6-24(2)16(4-7-25(17,24)30)22(29)13-32-14-5-8-31-12-14/h9,14-16,18,20-21,27-28,30H,3-8,10-13H2,1-2H3/t14?,15?,16-,18+,20-,21+,23-,24-,25-/m1/s1. The van der Waals surface area contributed by atoms with E-state index in [0.29, 0.717) is 38.9 Å². The molecule has 0 spiro atoms. The van der Waals surface area contributed by atoms with E-state index in [1.807, 2.05) is 13.8 Å². The van der Waals surface area contributed by atoms with E-state index >= 15 is 0 Å². The molecule has 4 fully saturated rings. The van der Waals surface area contributed by atoms with Gasteiger partial charge in [0.1, 0.15) is 6.61 Å². The number of carbonyl (C=O) groups is 2. The van der Waals surface area contributed by atoms with Crippen molar-refractivity contribution in [1.29, 1.82) is 0 Å². The molecule has 7 nitrogen and oxygen atoms in total. The van der Waals surface area contributed by atoms with Gasteiger partial charge in [0, 0.05) is 23.9 Å². The summed E-state index contributed by atoms with van der Waals surface area (Å²) < 4.78 is 11.1. The van der Waals surface area contributed by atoms with Crippen LogP contribution in [0.15, 0.2) is 11.6 Å². The van der Waals surface area contributed by atoms with Gasteiger partial charge in [0.05, 0.1) is 30.5 Å². The van der Waals surface area contributed by atoms with Crippen LogP contribution in [0.2, 0.25) is 0 Å². The highest BCUT2D eigenvalue weighted by Crippen LogP contribution is 2.67. The normalized spacial score (nSPS) is 50.4. The lowest BCUT2D eigenvalue weighted by Gasteiger charge is -2.59. The summed E-state index contributed by atoms with van der Waals surface area (Å²) in [5.74, 6) is -0.732. The summed E-state index contributed by atoms with van der Waals surface area (Å²) in [6.45, 7) is 5.25. The van der Waals surface area contributed by atoms with Gasteiger partial charge in [0.25, 0.3) is 0 Å². The first-order valence-electron chi connectivity index (χ1n) is 12.2. The molecule has 0 bridgehead atoms. The van der Waals surface area contributed by atoms with Crippen molar-refractivity contribution in [2.75, 3.05) is 19.8 Å². The van der Waals surface area contributed by atoms with Crippen LogP contribution in [0.5, 0.6) is 0 Å². The van der Waals surface area contributed by atoms with Gasteiger partial charge in [0.15, 0.2) is 11.6 Å². The summed E-state index contributed by atoms with van der Waals surface area (Å²) in [6, 6.07) is 0. The molecule has 1 saturated heterocycles. The molecule has 7 heteroatoms. The number of aliphatic hydroxyl groups is 3. The van der Waals surface area contributed by atoms with E-state index in [1.165, 1.54) is 0 Å². The largest absolute Gasteiger partial charge is 0.390 e. The van der Waals surface area contributed by atoms with Crippen LogP contribution in [0.3, 0.4) is 0 Å². The van der Waals surface area contributed by atoms with Crippen LogP contribution in [0.25, 0.3) is 0 Å². The number of fused-ring (bicyclic) bond motifs is 5. The van der Waals surface area contributed by atoms with E-state index in [1.54, 1.807) is 6.08 Å². The van der Waals surface area contributed by atoms with Gasteiger partial charge in [-0.05, 0) is 67.9 Å². The predicted octanol–water partition coefficient (Wildman–Crippen LogP) is 1.57. The molecule has 0 radical (unpaired) electrons. The smallest absolute Gasteiger partial charge is 0.162 e. The number of aliphatic hydroxyl groups excluding tert-OH is 2. The van der Waals surface area contributed by atoms with E-state index < -0.39 is 28.6 Å². The molecule has 0 aromatic carbocycles. The van der Waals surface area contributed by atoms with E-state index in [2.05, 4.69) is 0 Å². The zero-order valence-corrected chi connectivity index (χ0v) is 19.1. The summed E-state index contributed by atoms with van der Waals surface area (Å²) >= 11 is 0. The molecular weight excluding hydrogens is 412 g/mol. The zero-order valence-electron chi connectivity index (χ0n) is 19.1. The summed E-state index contributed by atoms with van der Waals surface area (Å²) in [4.78, 5) is 26.3. The third-order valence-corrected chi connectivity index (χ3v) is 9.86. The molecule has 32 heavy (non-hydrogen) atoms. The Bertz CT molecular complexity index is 832. The van der Waals surface area contributed by atoms with Crippen molar-refractivity contribution in [3.8, 4) is 0 Å². The maximum atomic E-state index is 13.2. The highest BCUT2D eigenvalue weighted by molar-refractivity contribution is 5.95. The summed E-state index contributed by atoms with van der Waals surface area (Å²) in [5, 5.41) is 32.7. The van der Waals surface area contributed by atoms with Crippen LogP contribution in [0.1, 0.15) is 58.8 Å². The molecule has 9 atom stereocenters. The molecule has 4 aliphatic carbocycles. The quantitative estimate of drug-likeness (QED) is 0.598. The average molecular weight is 449 g/mol. The van der Waals surface area contributed by atoms with E-state index in [4.69, 9.17) is 9.47 Å². The Hall–Kier alpha value is -1.12. The molecule has 178 valence electrons. The first-order valence-corrected chi connectivity index (χ1v) is 12.2. The van der Waals surface area contributed by atoms with Crippen molar-refractivity contribution >= 4 is 11.6 Å². The number of ketones is 2. The minimum Gasteiger partial charge on any atom is -0.390 e. The Morgan fingerprint density at radius 3 is 2.66 bits per heavy atom. The number of hydrogen-bond acceptors (Lipinski definition) is 7. The average Bonchev–Trinajstić information content (AvgIpc) is 3.35. The Balaban J connectivity index is 1.41. The van der Waals surface area contributed by atoms with Crippen molar-refractivity contribution < 1.29 is 34.4 Å². The van der Waals surface area contributed by atoms with Crippen molar-refractivity contribution in [2.45, 2.75) is 82.7 Å². The number of carbonyl (C=O) groups excluding carboxylic acids is 2. The molecule has 5 rings (SSSR count). The molecular formula is C25H36O7. The second-order valence-electron chi connectivity index (χ2n) is 11.4. The van der Waals surface area contributed by atoms with Gasteiger partial charge in [0.2, 0.25) is 0 Å². The lowest BCUT2D eigenvalue weighted by Crippen LogP contribution is -2.61. The van der Waals surface area contributed by atoms with Gasteiger partial charge in [-0.1, -0.05) is 13.8 Å². The van der Waals surface area contributed by atoms with Gasteiger partial charge >= 0.3 is 0 Å². The van der Waals surface area contributed by atoms with Crippen LogP contribution >= 0.6 is 0 Å². The third-order valence-electron chi connectivity index (χ3n) is 9.86. The first-order chi connectivity index (χ1) is 15.1. The monoisotopic (exact) mass is 448 g/mol. The molecule has 0 aromatic rings. The highest BCUT2D eigenvalue weighted by Gasteiger charge is 2.67. The van der Waals surface area contributed by atoms with Crippen molar-refractivity contribution in [1.82, 2.24) is 0 Å². The molecule has 1 heterocycles. The lowest BCUT2D eigenvalue weighted by molar-refractivity contribution is -0.155. The van der Waals surface area contributed by atoms with E-state index in [-0.39, 0.29) is 48.5 Å². The Morgan fingerprint density at radius 2 is 1.94 bits per heavy atom. The molecule has 3 N–H and O–H groups in total. The molecule has 1 aliphatic heterocycles. The molecule has 0 amide bonds. The van der Waals surface area contributed by atoms with Crippen molar-refractivity contribution in [3.05, 3.63) is 11.6 Å². The predicted molar refractivity (Wildman–Crippen MR) is 115 cm³/mol. The zero-order chi connectivity index (χ0) is 22.9. The van der Waals surface area contributed by atoms with E-state index in [9.17, 15) is 24.9 Å². The van der Waals surface area contributed by atoms with Gasteiger partial charge in [-0.25, -0.2) is 0 Å². The fourth-order valence-electron chi connectivity index (χ4n) is 7.83.